The fourth-order valence-electron chi connectivity index (χ4n) is 1.89. The van der Waals surface area contributed by atoms with Gasteiger partial charge in [0.05, 0.1) is 12.0 Å². The van der Waals surface area contributed by atoms with Crippen LogP contribution in [-0.4, -0.2) is 36.2 Å². The van der Waals surface area contributed by atoms with E-state index < -0.39 is 0 Å². The first kappa shape index (κ1) is 14.7. The van der Waals surface area contributed by atoms with E-state index in [0.717, 1.165) is 16.5 Å². The van der Waals surface area contributed by atoms with E-state index >= 15 is 0 Å². The van der Waals surface area contributed by atoms with E-state index in [1.807, 2.05) is 44.2 Å². The molecule has 0 aliphatic carbocycles. The predicted octanol–water partition coefficient (Wildman–Crippen LogP) is 3.01. The summed E-state index contributed by atoms with van der Waals surface area (Å²) in [6.45, 7) is 5.25. The SMILES string of the molecule is CCN=C1SC(=Cc2ccc(OC)cc2)C(=O)N1CC. The molecule has 0 N–H and O–H groups in total. The molecule has 0 bridgehead atoms. The van der Waals surface area contributed by atoms with E-state index in [-0.39, 0.29) is 5.91 Å². The molecule has 1 fully saturated rings. The number of methoxy groups -OCH3 is 1. The largest absolute Gasteiger partial charge is 0.497 e. The minimum atomic E-state index is 0.0283. The number of amides is 1. The summed E-state index contributed by atoms with van der Waals surface area (Å²) in [5.74, 6) is 0.835. The molecule has 5 heteroatoms. The lowest BCUT2D eigenvalue weighted by Crippen LogP contribution is -2.28. The predicted molar refractivity (Wildman–Crippen MR) is 83.9 cm³/mol. The zero-order valence-electron chi connectivity index (χ0n) is 11.9. The number of benzene rings is 1. The van der Waals surface area contributed by atoms with E-state index in [1.54, 1.807) is 12.0 Å². The minimum absolute atomic E-state index is 0.0283. The fraction of sp³-hybridized carbons (Fsp3) is 0.333. The topological polar surface area (TPSA) is 41.9 Å². The number of carbonyl (C=O) groups excluding carboxylic acids is 1. The van der Waals surface area contributed by atoms with Gasteiger partial charge in [0, 0.05) is 13.1 Å². The Bertz CT molecular complexity index is 549. The maximum atomic E-state index is 12.3. The number of hydrogen-bond acceptors (Lipinski definition) is 4. The summed E-state index contributed by atoms with van der Waals surface area (Å²) in [5, 5.41) is 0.791. The van der Waals surface area contributed by atoms with Crippen molar-refractivity contribution in [2.45, 2.75) is 13.8 Å². The summed E-state index contributed by atoms with van der Waals surface area (Å²) >= 11 is 1.44. The summed E-state index contributed by atoms with van der Waals surface area (Å²) in [6, 6.07) is 7.64. The Balaban J connectivity index is 2.25. The van der Waals surface area contributed by atoms with Crippen molar-refractivity contribution < 1.29 is 9.53 Å². The molecule has 1 aromatic rings. The molecule has 1 aromatic carbocycles. The molecule has 0 unspecified atom stereocenters. The lowest BCUT2D eigenvalue weighted by molar-refractivity contribution is -0.122. The molecule has 2 rings (SSSR count). The van der Waals surface area contributed by atoms with Crippen LogP contribution in [0.2, 0.25) is 0 Å². The second-order valence-corrected chi connectivity index (χ2v) is 5.20. The number of hydrogen-bond donors (Lipinski definition) is 0. The molecule has 1 saturated heterocycles. The molecule has 1 aliphatic rings. The van der Waals surface area contributed by atoms with Crippen molar-refractivity contribution in [3.8, 4) is 5.75 Å². The van der Waals surface area contributed by atoms with Crippen LogP contribution in [0, 0.1) is 0 Å². The van der Waals surface area contributed by atoms with Gasteiger partial charge in [-0.25, -0.2) is 0 Å². The summed E-state index contributed by atoms with van der Waals surface area (Å²) in [6.07, 6.45) is 1.90. The summed E-state index contributed by atoms with van der Waals surface area (Å²) in [4.78, 5) is 19.1. The van der Waals surface area contributed by atoms with Crippen molar-refractivity contribution >= 4 is 28.9 Å². The number of carbonyl (C=O) groups is 1. The van der Waals surface area contributed by atoms with Gasteiger partial charge in [0.2, 0.25) is 0 Å². The number of nitrogens with zero attached hydrogens (tertiary/aromatic N) is 2. The number of likely N-dealkylation sites (N-methyl/N-ethyl adjacent to an activating group) is 1. The zero-order valence-corrected chi connectivity index (χ0v) is 12.7. The van der Waals surface area contributed by atoms with Gasteiger partial charge in [0.1, 0.15) is 5.75 Å². The standard InChI is InChI=1S/C15H18N2O2S/c1-4-16-15-17(5-2)14(18)13(20-15)10-11-6-8-12(19-3)9-7-11/h6-10H,4-5H2,1-3H3. The van der Waals surface area contributed by atoms with Crippen LogP contribution in [0.3, 0.4) is 0 Å². The molecule has 0 radical (unpaired) electrons. The third-order valence-corrected chi connectivity index (χ3v) is 3.96. The van der Waals surface area contributed by atoms with Gasteiger partial charge in [-0.2, -0.15) is 0 Å². The van der Waals surface area contributed by atoms with Crippen LogP contribution in [0.1, 0.15) is 19.4 Å². The molecular weight excluding hydrogens is 272 g/mol. The monoisotopic (exact) mass is 290 g/mol. The normalized spacial score (nSPS) is 19.1. The fourth-order valence-corrected chi connectivity index (χ4v) is 3.00. The second kappa shape index (κ2) is 6.61. The molecule has 106 valence electrons. The van der Waals surface area contributed by atoms with Gasteiger partial charge in [-0.3, -0.25) is 14.7 Å². The maximum absolute atomic E-state index is 12.3. The first-order chi connectivity index (χ1) is 9.69. The van der Waals surface area contributed by atoms with Crippen molar-refractivity contribution in [2.75, 3.05) is 20.2 Å². The van der Waals surface area contributed by atoms with Crippen LogP contribution < -0.4 is 4.74 Å². The molecule has 0 saturated carbocycles. The van der Waals surface area contributed by atoms with Gasteiger partial charge in [0.25, 0.3) is 5.91 Å². The highest BCUT2D eigenvalue weighted by Crippen LogP contribution is 2.32. The van der Waals surface area contributed by atoms with Crippen molar-refractivity contribution in [1.29, 1.82) is 0 Å². The van der Waals surface area contributed by atoms with E-state index in [1.165, 1.54) is 11.8 Å². The Labute approximate surface area is 123 Å². The summed E-state index contributed by atoms with van der Waals surface area (Å²) in [5.41, 5.74) is 0.982. The molecular formula is C15H18N2O2S. The van der Waals surface area contributed by atoms with Gasteiger partial charge in [0.15, 0.2) is 5.17 Å². The number of rotatable bonds is 4. The van der Waals surface area contributed by atoms with Crippen LogP contribution >= 0.6 is 11.8 Å². The maximum Gasteiger partial charge on any atom is 0.266 e. The summed E-state index contributed by atoms with van der Waals surface area (Å²) in [7, 11) is 1.64. The first-order valence-electron chi connectivity index (χ1n) is 6.59. The number of aliphatic imine (C=N–C) groups is 1. The van der Waals surface area contributed by atoms with Gasteiger partial charge >= 0.3 is 0 Å². The zero-order chi connectivity index (χ0) is 14.5. The number of ether oxygens (including phenoxy) is 1. The second-order valence-electron chi connectivity index (χ2n) is 4.19. The van der Waals surface area contributed by atoms with Crippen LogP contribution in [0.4, 0.5) is 0 Å². The Hall–Kier alpha value is -1.75. The lowest BCUT2D eigenvalue weighted by atomic mass is 10.2. The summed E-state index contributed by atoms with van der Waals surface area (Å²) < 4.78 is 5.12. The molecule has 0 spiro atoms. The molecule has 1 amide bonds. The molecule has 20 heavy (non-hydrogen) atoms. The van der Waals surface area contributed by atoms with Crippen LogP contribution in [-0.2, 0) is 4.79 Å². The molecule has 4 nitrogen and oxygen atoms in total. The average Bonchev–Trinajstić information content (AvgIpc) is 2.76. The van der Waals surface area contributed by atoms with Crippen molar-refractivity contribution in [3.05, 3.63) is 34.7 Å². The molecule has 1 aliphatic heterocycles. The van der Waals surface area contributed by atoms with Crippen LogP contribution in [0.5, 0.6) is 5.75 Å². The van der Waals surface area contributed by atoms with Crippen LogP contribution in [0.25, 0.3) is 6.08 Å². The lowest BCUT2D eigenvalue weighted by Gasteiger charge is -2.11. The van der Waals surface area contributed by atoms with E-state index in [9.17, 15) is 4.79 Å². The van der Waals surface area contributed by atoms with Gasteiger partial charge in [-0.05, 0) is 49.4 Å². The molecule has 0 atom stereocenters. The highest BCUT2D eigenvalue weighted by Gasteiger charge is 2.31. The minimum Gasteiger partial charge on any atom is -0.497 e. The van der Waals surface area contributed by atoms with Crippen molar-refractivity contribution in [1.82, 2.24) is 4.90 Å². The first-order valence-corrected chi connectivity index (χ1v) is 7.41. The molecule has 0 aromatic heterocycles. The molecule has 1 heterocycles. The Morgan fingerprint density at radius 2 is 2.00 bits per heavy atom. The Morgan fingerprint density at radius 1 is 1.30 bits per heavy atom. The van der Waals surface area contributed by atoms with E-state index in [4.69, 9.17) is 4.74 Å². The van der Waals surface area contributed by atoms with Crippen molar-refractivity contribution in [2.24, 2.45) is 4.99 Å². The number of amidine groups is 1. The smallest absolute Gasteiger partial charge is 0.266 e. The van der Waals surface area contributed by atoms with Crippen molar-refractivity contribution in [3.63, 3.8) is 0 Å². The quantitative estimate of drug-likeness (QED) is 0.801. The van der Waals surface area contributed by atoms with Gasteiger partial charge in [-0.15, -0.1) is 0 Å². The third kappa shape index (κ3) is 3.04. The highest BCUT2D eigenvalue weighted by atomic mass is 32.2. The Morgan fingerprint density at radius 3 is 2.55 bits per heavy atom. The average molecular weight is 290 g/mol. The third-order valence-electron chi connectivity index (χ3n) is 2.91. The van der Waals surface area contributed by atoms with E-state index in [0.29, 0.717) is 18.0 Å². The van der Waals surface area contributed by atoms with Gasteiger partial charge < -0.3 is 4.74 Å². The Kier molecular flexibility index (Phi) is 4.84. The van der Waals surface area contributed by atoms with Crippen LogP contribution in [0.15, 0.2) is 34.2 Å². The highest BCUT2D eigenvalue weighted by molar-refractivity contribution is 8.18. The van der Waals surface area contributed by atoms with E-state index in [2.05, 4.69) is 4.99 Å². The number of thioether (sulfide) groups is 1. The van der Waals surface area contributed by atoms with Gasteiger partial charge in [-0.1, -0.05) is 12.1 Å².